The van der Waals surface area contributed by atoms with Crippen LogP contribution in [0.2, 0.25) is 0 Å². The fraction of sp³-hybridized carbons (Fsp3) is 0.320. The van der Waals surface area contributed by atoms with Crippen molar-refractivity contribution in [1.29, 1.82) is 0 Å². The molecule has 2 fully saturated rings. The Morgan fingerprint density at radius 2 is 1.63 bits per heavy atom. The molecule has 1 saturated carbocycles. The summed E-state index contributed by atoms with van der Waals surface area (Å²) >= 11 is 0. The van der Waals surface area contributed by atoms with Gasteiger partial charge in [-0.15, -0.1) is 0 Å². The Morgan fingerprint density at radius 3 is 2.27 bits per heavy atom. The number of rotatable bonds is 5. The van der Waals surface area contributed by atoms with Crippen molar-refractivity contribution in [3.8, 4) is 5.75 Å². The molecule has 2 amide bonds. The van der Waals surface area contributed by atoms with Gasteiger partial charge in [-0.3, -0.25) is 14.4 Å². The highest BCUT2D eigenvalue weighted by atomic mass is 16.5. The second-order valence-electron chi connectivity index (χ2n) is 8.50. The van der Waals surface area contributed by atoms with Crippen LogP contribution in [0, 0.1) is 30.6 Å². The van der Waals surface area contributed by atoms with Crippen LogP contribution in [0.1, 0.15) is 29.3 Å². The lowest BCUT2D eigenvalue weighted by atomic mass is 9.85. The molecule has 5 heteroatoms. The monoisotopic (exact) mass is 401 g/mol. The van der Waals surface area contributed by atoms with Crippen LogP contribution in [0.5, 0.6) is 5.75 Å². The maximum absolute atomic E-state index is 13.0. The van der Waals surface area contributed by atoms with E-state index in [1.807, 2.05) is 19.1 Å². The minimum atomic E-state index is -0.688. The fourth-order valence-corrected chi connectivity index (χ4v) is 5.06. The van der Waals surface area contributed by atoms with Gasteiger partial charge in [-0.2, -0.15) is 0 Å². The number of carbonyl (C=O) groups is 3. The Balaban J connectivity index is 1.35. The van der Waals surface area contributed by atoms with Crippen molar-refractivity contribution in [1.82, 2.24) is 0 Å². The second-order valence-corrected chi connectivity index (χ2v) is 8.50. The van der Waals surface area contributed by atoms with E-state index in [2.05, 4.69) is 12.2 Å². The van der Waals surface area contributed by atoms with Crippen molar-refractivity contribution in [2.75, 3.05) is 4.90 Å². The highest BCUT2D eigenvalue weighted by Gasteiger charge is 2.59. The van der Waals surface area contributed by atoms with Crippen LogP contribution in [0.3, 0.4) is 0 Å². The van der Waals surface area contributed by atoms with E-state index in [4.69, 9.17) is 4.74 Å². The molecule has 30 heavy (non-hydrogen) atoms. The quantitative estimate of drug-likeness (QED) is 0.432. The summed E-state index contributed by atoms with van der Waals surface area (Å²) in [5, 5.41) is 0. The van der Waals surface area contributed by atoms with Crippen LogP contribution < -0.4 is 9.64 Å². The summed E-state index contributed by atoms with van der Waals surface area (Å²) in [5.74, 6) is -0.0324. The van der Waals surface area contributed by atoms with Crippen LogP contribution in [-0.4, -0.2) is 23.7 Å². The third-order valence-electron chi connectivity index (χ3n) is 6.56. The Morgan fingerprint density at radius 1 is 1.00 bits per heavy atom. The van der Waals surface area contributed by atoms with E-state index in [9.17, 15) is 14.4 Å². The first-order chi connectivity index (χ1) is 14.4. The second kappa shape index (κ2) is 6.94. The maximum Gasteiger partial charge on any atom is 0.238 e. The Labute approximate surface area is 175 Å². The summed E-state index contributed by atoms with van der Waals surface area (Å²) < 4.78 is 5.87. The molecule has 5 atom stereocenters. The molecule has 0 unspecified atom stereocenters. The lowest BCUT2D eigenvalue weighted by molar-refractivity contribution is -0.123. The van der Waals surface area contributed by atoms with Gasteiger partial charge in [-0.1, -0.05) is 48.0 Å². The average molecular weight is 401 g/mol. The summed E-state index contributed by atoms with van der Waals surface area (Å²) in [5.41, 5.74) is 2.18. The van der Waals surface area contributed by atoms with Crippen molar-refractivity contribution in [3.63, 3.8) is 0 Å². The molecule has 5 rings (SSSR count). The van der Waals surface area contributed by atoms with Crippen molar-refractivity contribution >= 4 is 23.3 Å². The van der Waals surface area contributed by atoms with E-state index in [-0.39, 0.29) is 41.3 Å². The van der Waals surface area contributed by atoms with Gasteiger partial charge < -0.3 is 4.74 Å². The van der Waals surface area contributed by atoms with Crippen LogP contribution >= 0.6 is 0 Å². The highest BCUT2D eigenvalue weighted by Crippen LogP contribution is 2.53. The number of Topliss-reactive ketones (excluding diaryl/α,β-unsaturated/α-hetero) is 1. The third-order valence-corrected chi connectivity index (χ3v) is 6.56. The van der Waals surface area contributed by atoms with E-state index >= 15 is 0 Å². The fourth-order valence-electron chi connectivity index (χ4n) is 5.06. The van der Waals surface area contributed by atoms with E-state index < -0.39 is 6.10 Å². The first-order valence-electron chi connectivity index (χ1n) is 10.4. The molecule has 152 valence electrons. The van der Waals surface area contributed by atoms with Gasteiger partial charge in [0.05, 0.1) is 17.5 Å². The van der Waals surface area contributed by atoms with Crippen LogP contribution in [0.25, 0.3) is 0 Å². The molecule has 5 nitrogen and oxygen atoms in total. The largest absolute Gasteiger partial charge is 0.482 e. The molecule has 2 bridgehead atoms. The molecular weight excluding hydrogens is 378 g/mol. The van der Waals surface area contributed by atoms with Gasteiger partial charge in [0.1, 0.15) is 5.75 Å². The van der Waals surface area contributed by atoms with Gasteiger partial charge in [0, 0.05) is 11.6 Å². The molecule has 1 aliphatic heterocycles. The van der Waals surface area contributed by atoms with E-state index in [0.717, 1.165) is 12.0 Å². The molecule has 3 aliphatic rings. The number of hydrogen-bond donors (Lipinski definition) is 0. The van der Waals surface area contributed by atoms with E-state index in [1.54, 1.807) is 43.3 Å². The molecule has 2 aliphatic carbocycles. The molecular formula is C25H23NO4. The number of nitrogens with zero attached hydrogens (tertiary/aromatic N) is 1. The summed E-state index contributed by atoms with van der Waals surface area (Å²) in [6.45, 7) is 3.67. The SMILES string of the molecule is Cc1ccc(C(=O)[C@@H](C)Oc2cccc(N3C(=O)[C@@H]4[C@H](C3=O)[C@H]3C=C[C@H]4C3)c2)cc1. The summed E-state index contributed by atoms with van der Waals surface area (Å²) in [6, 6.07) is 14.3. The van der Waals surface area contributed by atoms with Crippen molar-refractivity contribution in [2.45, 2.75) is 26.4 Å². The number of carbonyl (C=O) groups excluding carboxylic acids is 3. The summed E-state index contributed by atoms with van der Waals surface area (Å²) in [4.78, 5) is 40.0. The number of amides is 2. The van der Waals surface area contributed by atoms with Gasteiger partial charge in [0.25, 0.3) is 0 Å². The number of allylic oxidation sites excluding steroid dienone is 2. The van der Waals surface area contributed by atoms with Gasteiger partial charge in [-0.05, 0) is 44.2 Å². The number of ether oxygens (including phenoxy) is 1. The molecule has 2 aromatic carbocycles. The zero-order valence-corrected chi connectivity index (χ0v) is 16.9. The Hall–Kier alpha value is -3.21. The lowest BCUT2D eigenvalue weighted by Gasteiger charge is -2.19. The molecule has 0 spiro atoms. The van der Waals surface area contributed by atoms with Gasteiger partial charge in [-0.25, -0.2) is 4.90 Å². The van der Waals surface area contributed by atoms with Crippen molar-refractivity contribution in [3.05, 3.63) is 71.8 Å². The average Bonchev–Trinajstić information content (AvgIpc) is 3.42. The number of imide groups is 1. The number of aryl methyl sites for hydroxylation is 1. The predicted octanol–water partition coefficient (Wildman–Crippen LogP) is 3.96. The van der Waals surface area contributed by atoms with Crippen LogP contribution in [-0.2, 0) is 9.59 Å². The first-order valence-corrected chi connectivity index (χ1v) is 10.4. The number of anilines is 1. The predicted molar refractivity (Wildman–Crippen MR) is 112 cm³/mol. The number of fused-ring (bicyclic) bond motifs is 5. The molecule has 0 radical (unpaired) electrons. The van der Waals surface area contributed by atoms with Crippen molar-refractivity contribution < 1.29 is 19.1 Å². The summed E-state index contributed by atoms with van der Waals surface area (Å²) in [6.07, 6.45) is 4.38. The number of benzene rings is 2. The zero-order chi connectivity index (χ0) is 21.0. The molecule has 0 N–H and O–H groups in total. The van der Waals surface area contributed by atoms with E-state index in [0.29, 0.717) is 17.0 Å². The number of ketones is 1. The standard InChI is InChI=1S/C25H23NO4/c1-14-6-8-16(9-7-14)23(27)15(2)30-20-5-3-4-19(13-20)26-24(28)21-17-10-11-18(12-17)22(21)25(26)29/h3-11,13,15,17-18,21-22H,12H2,1-2H3/t15-,17+,18+,21-,22+/m1/s1. The zero-order valence-electron chi connectivity index (χ0n) is 16.9. The highest BCUT2D eigenvalue weighted by molar-refractivity contribution is 6.22. The molecule has 1 heterocycles. The van der Waals surface area contributed by atoms with Crippen LogP contribution in [0.15, 0.2) is 60.7 Å². The smallest absolute Gasteiger partial charge is 0.238 e. The minimum absolute atomic E-state index is 0.120. The maximum atomic E-state index is 13.0. The van der Waals surface area contributed by atoms with Crippen LogP contribution in [0.4, 0.5) is 5.69 Å². The topological polar surface area (TPSA) is 63.7 Å². The van der Waals surface area contributed by atoms with Gasteiger partial charge in [0.2, 0.25) is 17.6 Å². The third kappa shape index (κ3) is 2.88. The lowest BCUT2D eigenvalue weighted by Crippen LogP contribution is -2.33. The first kappa shape index (κ1) is 18.8. The molecule has 1 saturated heterocycles. The Kier molecular flexibility index (Phi) is 4.35. The van der Waals surface area contributed by atoms with Crippen molar-refractivity contribution in [2.24, 2.45) is 23.7 Å². The molecule has 0 aromatic heterocycles. The van der Waals surface area contributed by atoms with Gasteiger partial charge >= 0.3 is 0 Å². The van der Waals surface area contributed by atoms with E-state index in [1.165, 1.54) is 4.90 Å². The normalized spacial score (nSPS) is 27.5. The molecule has 2 aromatic rings. The number of hydrogen-bond acceptors (Lipinski definition) is 4. The summed E-state index contributed by atoms with van der Waals surface area (Å²) in [7, 11) is 0. The Bertz CT molecular complexity index is 1040. The van der Waals surface area contributed by atoms with Gasteiger partial charge in [0.15, 0.2) is 6.10 Å². The minimum Gasteiger partial charge on any atom is -0.482 e.